The van der Waals surface area contributed by atoms with E-state index in [0.29, 0.717) is 22.4 Å². The van der Waals surface area contributed by atoms with Crippen LogP contribution in [0.25, 0.3) is 22.6 Å². The molecule has 0 aliphatic heterocycles. The van der Waals surface area contributed by atoms with Gasteiger partial charge in [0.1, 0.15) is 23.5 Å². The summed E-state index contributed by atoms with van der Waals surface area (Å²) < 4.78 is 90.5. The number of nitrogens with one attached hydrogen (secondary N) is 1. The summed E-state index contributed by atoms with van der Waals surface area (Å²) in [6.07, 6.45) is -4.99. The summed E-state index contributed by atoms with van der Waals surface area (Å²) in [6.45, 7) is 2.06. The second kappa shape index (κ2) is 11.7. The van der Waals surface area contributed by atoms with Crippen LogP contribution in [0, 0.1) is 0 Å². The van der Waals surface area contributed by atoms with Crippen molar-refractivity contribution in [3.63, 3.8) is 0 Å². The molecular formula is C28H27F6N7O2. The van der Waals surface area contributed by atoms with Crippen molar-refractivity contribution in [3.8, 4) is 34.4 Å². The number of aromatic nitrogens is 6. The number of benzene rings is 1. The summed E-state index contributed by atoms with van der Waals surface area (Å²) in [5.74, 6) is 0.242. The van der Waals surface area contributed by atoms with Gasteiger partial charge < -0.3 is 19.4 Å². The number of imidazole rings is 1. The normalized spacial score (nSPS) is 13.8. The monoisotopic (exact) mass is 607 g/mol. The van der Waals surface area contributed by atoms with E-state index in [1.54, 1.807) is 38.1 Å². The third-order valence-corrected chi connectivity index (χ3v) is 6.66. The smallest absolute Gasteiger partial charge is 0.434 e. The first kappa shape index (κ1) is 30.0. The van der Waals surface area contributed by atoms with Gasteiger partial charge in [-0.15, -0.1) is 10.2 Å². The molecule has 5 rings (SSSR count). The molecule has 0 unspecified atom stereocenters. The minimum atomic E-state index is -4.60. The van der Waals surface area contributed by atoms with Crippen molar-refractivity contribution in [2.24, 2.45) is 0 Å². The van der Waals surface area contributed by atoms with Crippen molar-refractivity contribution < 1.29 is 35.8 Å². The minimum Gasteiger partial charge on any atom is -0.480 e. The molecule has 0 spiro atoms. The van der Waals surface area contributed by atoms with E-state index < -0.39 is 24.7 Å². The van der Waals surface area contributed by atoms with Gasteiger partial charge in [0.25, 0.3) is 5.88 Å². The van der Waals surface area contributed by atoms with Gasteiger partial charge >= 0.3 is 12.4 Å². The zero-order valence-corrected chi connectivity index (χ0v) is 23.3. The third-order valence-electron chi connectivity index (χ3n) is 6.66. The fourth-order valence-corrected chi connectivity index (χ4v) is 4.44. The molecule has 1 saturated carbocycles. The Morgan fingerprint density at radius 1 is 1.00 bits per heavy atom. The van der Waals surface area contributed by atoms with Gasteiger partial charge in [0.2, 0.25) is 5.88 Å². The molecule has 1 aromatic carbocycles. The van der Waals surface area contributed by atoms with Crippen molar-refractivity contribution in [3.05, 3.63) is 59.8 Å². The van der Waals surface area contributed by atoms with Gasteiger partial charge in [-0.05, 0) is 38.3 Å². The lowest BCUT2D eigenvalue weighted by atomic mass is 10.1. The van der Waals surface area contributed by atoms with Crippen LogP contribution < -0.4 is 14.8 Å². The summed E-state index contributed by atoms with van der Waals surface area (Å²) in [5, 5.41) is 11.1. The van der Waals surface area contributed by atoms with Crippen LogP contribution in [0.1, 0.15) is 55.6 Å². The highest BCUT2D eigenvalue weighted by Crippen LogP contribution is 2.45. The molecule has 228 valence electrons. The Morgan fingerprint density at radius 2 is 1.72 bits per heavy atom. The third kappa shape index (κ3) is 6.97. The van der Waals surface area contributed by atoms with Crippen LogP contribution in [0.5, 0.6) is 11.8 Å². The molecule has 4 aromatic rings. The predicted molar refractivity (Wildman–Crippen MR) is 144 cm³/mol. The summed E-state index contributed by atoms with van der Waals surface area (Å²) in [5.41, 5.74) is 1.79. The molecule has 0 atom stereocenters. The van der Waals surface area contributed by atoms with Crippen LogP contribution in [-0.2, 0) is 12.7 Å². The highest BCUT2D eigenvalue weighted by molar-refractivity contribution is 5.72. The number of nitrogens with zero attached hydrogens (tertiary/aromatic N) is 6. The highest BCUT2D eigenvalue weighted by atomic mass is 19.4. The Morgan fingerprint density at radius 3 is 2.33 bits per heavy atom. The minimum absolute atomic E-state index is 0.123. The average molecular weight is 608 g/mol. The topological polar surface area (TPSA) is 99.9 Å². The van der Waals surface area contributed by atoms with E-state index in [1.165, 1.54) is 24.1 Å². The lowest BCUT2D eigenvalue weighted by Gasteiger charge is -2.16. The molecule has 0 radical (unpaired) electrons. The summed E-state index contributed by atoms with van der Waals surface area (Å²) in [4.78, 5) is 12.3. The number of methoxy groups -OCH3 is 1. The number of alkyl halides is 6. The van der Waals surface area contributed by atoms with Crippen LogP contribution in [0.2, 0.25) is 0 Å². The Labute approximate surface area is 242 Å². The molecular weight excluding hydrogens is 580 g/mol. The van der Waals surface area contributed by atoms with E-state index in [1.807, 2.05) is 0 Å². The van der Waals surface area contributed by atoms with Crippen molar-refractivity contribution >= 4 is 5.69 Å². The molecule has 1 fully saturated rings. The second-order valence-electron chi connectivity index (χ2n) is 10.3. The first-order valence-corrected chi connectivity index (χ1v) is 13.3. The number of anilines is 1. The fraction of sp³-hybridized carbons (Fsp3) is 0.393. The largest absolute Gasteiger partial charge is 0.480 e. The molecule has 1 N–H and O–H groups in total. The van der Waals surface area contributed by atoms with Gasteiger partial charge in [-0.25, -0.2) is 15.0 Å². The SMILES string of the molecule is COc1ncnc(C2CC2)c1-c1cc(NCc2ccc(-c3nc(C(F)(F)F)cn3C(C)C)cc2)c(OCC(F)(F)F)nn1. The van der Waals surface area contributed by atoms with Gasteiger partial charge in [0, 0.05) is 30.3 Å². The van der Waals surface area contributed by atoms with E-state index in [-0.39, 0.29) is 47.5 Å². The predicted octanol–water partition coefficient (Wildman–Crippen LogP) is 6.84. The number of ether oxygens (including phenoxy) is 2. The van der Waals surface area contributed by atoms with Crippen LogP contribution in [0.4, 0.5) is 32.0 Å². The van der Waals surface area contributed by atoms with Crippen molar-refractivity contribution in [1.82, 2.24) is 29.7 Å². The maximum absolute atomic E-state index is 13.3. The summed E-state index contributed by atoms with van der Waals surface area (Å²) in [6, 6.07) is 7.85. The quantitative estimate of drug-likeness (QED) is 0.196. The van der Waals surface area contributed by atoms with Crippen LogP contribution in [-0.4, -0.2) is 49.6 Å². The molecule has 43 heavy (non-hydrogen) atoms. The van der Waals surface area contributed by atoms with Gasteiger partial charge in [0.05, 0.1) is 18.4 Å². The number of halogens is 6. The molecule has 3 heterocycles. The fourth-order valence-electron chi connectivity index (χ4n) is 4.44. The maximum atomic E-state index is 13.3. The molecule has 1 aliphatic rings. The van der Waals surface area contributed by atoms with Crippen LogP contribution in [0.15, 0.2) is 42.9 Å². The van der Waals surface area contributed by atoms with Gasteiger partial charge in [-0.3, -0.25) is 0 Å². The average Bonchev–Trinajstić information content (AvgIpc) is 3.70. The molecule has 0 saturated heterocycles. The molecule has 3 aromatic heterocycles. The van der Waals surface area contributed by atoms with Crippen LogP contribution >= 0.6 is 0 Å². The zero-order chi connectivity index (χ0) is 30.9. The van der Waals surface area contributed by atoms with Crippen molar-refractivity contribution in [2.45, 2.75) is 57.5 Å². The van der Waals surface area contributed by atoms with E-state index in [9.17, 15) is 26.3 Å². The Balaban J connectivity index is 1.43. The second-order valence-corrected chi connectivity index (χ2v) is 10.3. The van der Waals surface area contributed by atoms with Gasteiger partial charge in [-0.2, -0.15) is 26.3 Å². The number of hydrogen-bond acceptors (Lipinski definition) is 8. The summed E-state index contributed by atoms with van der Waals surface area (Å²) in [7, 11) is 1.44. The van der Waals surface area contributed by atoms with Crippen LogP contribution in [0.3, 0.4) is 0 Å². The number of hydrogen-bond donors (Lipinski definition) is 1. The lowest BCUT2D eigenvalue weighted by molar-refractivity contribution is -0.154. The number of rotatable bonds is 10. The molecule has 1 aliphatic carbocycles. The Hall–Kier alpha value is -4.43. The van der Waals surface area contributed by atoms with Crippen molar-refractivity contribution in [2.75, 3.05) is 19.0 Å². The Kier molecular flexibility index (Phi) is 8.16. The molecule has 9 nitrogen and oxygen atoms in total. The lowest BCUT2D eigenvalue weighted by Crippen LogP contribution is -2.20. The molecule has 15 heteroatoms. The zero-order valence-electron chi connectivity index (χ0n) is 23.3. The van der Waals surface area contributed by atoms with Crippen molar-refractivity contribution in [1.29, 1.82) is 0 Å². The molecule has 0 amide bonds. The summed E-state index contributed by atoms with van der Waals surface area (Å²) >= 11 is 0. The van der Waals surface area contributed by atoms with Gasteiger partial charge in [-0.1, -0.05) is 24.3 Å². The van der Waals surface area contributed by atoms with E-state index in [4.69, 9.17) is 9.47 Å². The first-order chi connectivity index (χ1) is 20.3. The first-order valence-electron chi connectivity index (χ1n) is 13.3. The van der Waals surface area contributed by atoms with Gasteiger partial charge in [0.15, 0.2) is 12.3 Å². The van der Waals surface area contributed by atoms with E-state index >= 15 is 0 Å². The van der Waals surface area contributed by atoms with E-state index in [0.717, 1.165) is 19.0 Å². The Bertz CT molecular complexity index is 1580. The molecule has 0 bridgehead atoms. The highest BCUT2D eigenvalue weighted by Gasteiger charge is 2.35. The standard InChI is InChI=1S/C28H27F6N7O2/c1-15(2)41-12-21(28(32,33)34)38-24(41)18-6-4-16(5-7-18)11-35-20-10-19(39-40-25(20)43-13-27(29,30)31)22-23(17-8-9-17)36-14-37-26(22)42-3/h4-7,10,12,14-15,17H,8-9,11,13H2,1-3H3,(H,35,39). The van der Waals surface area contributed by atoms with E-state index in [2.05, 4.69) is 30.5 Å². The maximum Gasteiger partial charge on any atom is 0.434 e.